The highest BCUT2D eigenvalue weighted by atomic mass is 32.2. The molecule has 0 spiro atoms. The molecule has 0 N–H and O–H groups in total. The van der Waals surface area contributed by atoms with Crippen LogP contribution in [0.3, 0.4) is 0 Å². The summed E-state index contributed by atoms with van der Waals surface area (Å²) in [5.74, 6) is 0.235. The van der Waals surface area contributed by atoms with Crippen LogP contribution in [0.25, 0.3) is 0 Å². The molecule has 2 atom stereocenters. The van der Waals surface area contributed by atoms with Gasteiger partial charge < -0.3 is 9.47 Å². The van der Waals surface area contributed by atoms with Crippen LogP contribution in [0.4, 0.5) is 0 Å². The summed E-state index contributed by atoms with van der Waals surface area (Å²) >= 11 is 0. The molecule has 2 fully saturated rings. The van der Waals surface area contributed by atoms with Crippen molar-refractivity contribution in [2.75, 3.05) is 33.4 Å². The number of hydrogen-bond acceptors (Lipinski definition) is 7. The SMILES string of the molecule is CCOC(=O)C1CCN(S(=O)(=O)[C@@H]2CON(C)[C@H]2c2ccc(OCc3ccccc3)cc2)CC1. The maximum atomic E-state index is 13.5. The van der Waals surface area contributed by atoms with Crippen molar-refractivity contribution in [1.29, 1.82) is 0 Å². The number of carbonyl (C=O) groups is 1. The maximum absolute atomic E-state index is 13.5. The van der Waals surface area contributed by atoms with Crippen LogP contribution in [-0.2, 0) is 31.0 Å². The normalized spacial score (nSPS) is 22.5. The van der Waals surface area contributed by atoms with Crippen molar-refractivity contribution in [2.24, 2.45) is 5.92 Å². The molecule has 9 heteroatoms. The summed E-state index contributed by atoms with van der Waals surface area (Å²) in [6.07, 6.45) is 0.944. The molecule has 2 aliphatic rings. The second kappa shape index (κ2) is 10.9. The quantitative estimate of drug-likeness (QED) is 0.528. The summed E-state index contributed by atoms with van der Waals surface area (Å²) in [5, 5.41) is 0.890. The standard InChI is InChI=1S/C25H32N2O6S/c1-3-31-25(28)21-13-15-27(16-14-21)34(29,30)23-18-33-26(2)24(23)20-9-11-22(12-10-20)32-17-19-7-5-4-6-8-19/h4-12,21,23-24H,3,13-18H2,1-2H3/t23-,24+/m1/s1. The molecular formula is C25H32N2O6S. The molecular weight excluding hydrogens is 456 g/mol. The molecule has 0 radical (unpaired) electrons. The molecule has 4 rings (SSSR count). The van der Waals surface area contributed by atoms with Gasteiger partial charge in [-0.3, -0.25) is 9.63 Å². The fourth-order valence-corrected chi connectivity index (χ4v) is 6.56. The zero-order valence-corrected chi connectivity index (χ0v) is 20.4. The van der Waals surface area contributed by atoms with Crippen LogP contribution in [0.1, 0.15) is 36.9 Å². The van der Waals surface area contributed by atoms with Crippen molar-refractivity contribution in [3.05, 3.63) is 65.7 Å². The number of hydrogen-bond donors (Lipinski definition) is 0. The van der Waals surface area contributed by atoms with Gasteiger partial charge in [0.1, 0.15) is 17.6 Å². The summed E-state index contributed by atoms with van der Waals surface area (Å²) in [7, 11) is -1.87. The van der Waals surface area contributed by atoms with Crippen LogP contribution in [0.5, 0.6) is 5.75 Å². The van der Waals surface area contributed by atoms with E-state index in [9.17, 15) is 13.2 Å². The number of nitrogens with zero attached hydrogens (tertiary/aromatic N) is 2. The highest BCUT2D eigenvalue weighted by molar-refractivity contribution is 7.89. The minimum Gasteiger partial charge on any atom is -0.489 e. The van der Waals surface area contributed by atoms with Crippen molar-refractivity contribution in [1.82, 2.24) is 9.37 Å². The van der Waals surface area contributed by atoms with E-state index in [1.54, 1.807) is 19.0 Å². The fraction of sp³-hybridized carbons (Fsp3) is 0.480. The number of ether oxygens (including phenoxy) is 2. The second-order valence-corrected chi connectivity index (χ2v) is 10.8. The number of rotatable bonds is 8. The van der Waals surface area contributed by atoms with Gasteiger partial charge in [0.25, 0.3) is 0 Å². The minimum atomic E-state index is -3.63. The molecule has 0 saturated carbocycles. The van der Waals surface area contributed by atoms with Gasteiger partial charge in [0, 0.05) is 20.1 Å². The first kappa shape index (κ1) is 24.7. The molecule has 184 valence electrons. The predicted octanol–water partition coefficient (Wildman–Crippen LogP) is 3.16. The summed E-state index contributed by atoms with van der Waals surface area (Å²) in [6, 6.07) is 17.0. The summed E-state index contributed by atoms with van der Waals surface area (Å²) in [6.45, 7) is 3.28. The molecule has 0 unspecified atom stereocenters. The summed E-state index contributed by atoms with van der Waals surface area (Å²) in [5.41, 5.74) is 1.93. The molecule has 0 aromatic heterocycles. The largest absolute Gasteiger partial charge is 0.489 e. The van der Waals surface area contributed by atoms with E-state index in [0.717, 1.165) is 16.9 Å². The van der Waals surface area contributed by atoms with E-state index in [4.69, 9.17) is 14.3 Å². The molecule has 2 aliphatic heterocycles. The summed E-state index contributed by atoms with van der Waals surface area (Å²) in [4.78, 5) is 17.7. The van der Waals surface area contributed by atoms with E-state index in [1.165, 1.54) is 4.31 Å². The molecule has 0 amide bonds. The van der Waals surface area contributed by atoms with Gasteiger partial charge >= 0.3 is 5.97 Å². The highest BCUT2D eigenvalue weighted by Gasteiger charge is 2.46. The Bertz CT molecular complexity index is 1050. The zero-order valence-electron chi connectivity index (χ0n) is 19.6. The van der Waals surface area contributed by atoms with Gasteiger partial charge in [-0.05, 0) is 43.0 Å². The van der Waals surface area contributed by atoms with Gasteiger partial charge in [-0.2, -0.15) is 5.06 Å². The third-order valence-electron chi connectivity index (χ3n) is 6.47. The van der Waals surface area contributed by atoms with Gasteiger partial charge in [0.15, 0.2) is 0 Å². The Kier molecular flexibility index (Phi) is 7.88. The Morgan fingerprint density at radius 1 is 1.06 bits per heavy atom. The Morgan fingerprint density at radius 3 is 2.38 bits per heavy atom. The van der Waals surface area contributed by atoms with Gasteiger partial charge in [-0.15, -0.1) is 0 Å². The Hall–Kier alpha value is -2.46. The average molecular weight is 489 g/mol. The van der Waals surface area contributed by atoms with Crippen molar-refractivity contribution >= 4 is 16.0 Å². The first-order chi connectivity index (χ1) is 16.4. The van der Waals surface area contributed by atoms with Crippen LogP contribution in [0.15, 0.2) is 54.6 Å². The Balaban J connectivity index is 1.42. The number of carbonyl (C=O) groups excluding carboxylic acids is 1. The number of hydroxylamine groups is 2. The Labute approximate surface area is 201 Å². The maximum Gasteiger partial charge on any atom is 0.309 e. The third kappa shape index (κ3) is 5.43. The molecule has 0 aliphatic carbocycles. The molecule has 2 aromatic carbocycles. The number of sulfonamides is 1. The van der Waals surface area contributed by atoms with Crippen molar-refractivity contribution in [3.63, 3.8) is 0 Å². The van der Waals surface area contributed by atoms with E-state index < -0.39 is 21.3 Å². The monoisotopic (exact) mass is 488 g/mol. The van der Waals surface area contributed by atoms with Crippen molar-refractivity contribution in [2.45, 2.75) is 37.7 Å². The van der Waals surface area contributed by atoms with Gasteiger partial charge in [0.05, 0.1) is 25.2 Å². The molecule has 0 bridgehead atoms. The lowest BCUT2D eigenvalue weighted by Crippen LogP contribution is -2.46. The van der Waals surface area contributed by atoms with E-state index in [2.05, 4.69) is 0 Å². The van der Waals surface area contributed by atoms with E-state index in [1.807, 2.05) is 54.6 Å². The van der Waals surface area contributed by atoms with Crippen molar-refractivity contribution in [3.8, 4) is 5.75 Å². The van der Waals surface area contributed by atoms with Crippen LogP contribution in [0, 0.1) is 5.92 Å². The lowest BCUT2D eigenvalue weighted by atomic mass is 9.98. The predicted molar refractivity (Wildman–Crippen MR) is 127 cm³/mol. The molecule has 2 aromatic rings. The van der Waals surface area contributed by atoms with E-state index in [0.29, 0.717) is 39.1 Å². The third-order valence-corrected chi connectivity index (χ3v) is 8.72. The first-order valence-electron chi connectivity index (χ1n) is 11.7. The Morgan fingerprint density at radius 2 is 1.74 bits per heavy atom. The lowest BCUT2D eigenvalue weighted by molar-refractivity contribution is -0.149. The molecule has 8 nitrogen and oxygen atoms in total. The second-order valence-electron chi connectivity index (χ2n) is 8.64. The number of esters is 1. The van der Waals surface area contributed by atoms with Gasteiger partial charge in [-0.1, -0.05) is 42.5 Å². The number of piperidine rings is 1. The first-order valence-corrected chi connectivity index (χ1v) is 13.2. The zero-order chi connectivity index (χ0) is 24.1. The minimum absolute atomic E-state index is 0.0908. The fourth-order valence-electron chi connectivity index (χ4n) is 4.57. The molecule has 2 heterocycles. The molecule has 2 saturated heterocycles. The highest BCUT2D eigenvalue weighted by Crippen LogP contribution is 2.36. The van der Waals surface area contributed by atoms with Crippen LogP contribution >= 0.6 is 0 Å². The smallest absolute Gasteiger partial charge is 0.309 e. The van der Waals surface area contributed by atoms with Crippen LogP contribution < -0.4 is 4.74 Å². The number of benzene rings is 2. The van der Waals surface area contributed by atoms with Crippen LogP contribution in [-0.4, -0.2) is 62.4 Å². The topological polar surface area (TPSA) is 85.4 Å². The summed E-state index contributed by atoms with van der Waals surface area (Å²) < 4.78 is 39.5. The lowest BCUT2D eigenvalue weighted by Gasteiger charge is -2.33. The van der Waals surface area contributed by atoms with E-state index >= 15 is 0 Å². The van der Waals surface area contributed by atoms with Gasteiger partial charge in [-0.25, -0.2) is 12.7 Å². The van der Waals surface area contributed by atoms with Crippen molar-refractivity contribution < 1.29 is 27.5 Å². The van der Waals surface area contributed by atoms with Crippen LogP contribution in [0.2, 0.25) is 0 Å². The molecule has 34 heavy (non-hydrogen) atoms. The van der Waals surface area contributed by atoms with Gasteiger partial charge in [0.2, 0.25) is 10.0 Å². The van der Waals surface area contributed by atoms with E-state index in [-0.39, 0.29) is 18.5 Å². The average Bonchev–Trinajstić information content (AvgIpc) is 3.26.